The average Bonchev–Trinajstić information content (AvgIpc) is 3.23. The van der Waals surface area contributed by atoms with Gasteiger partial charge in [0.05, 0.1) is 17.5 Å². The molecule has 2 aromatic carbocycles. The largest absolute Gasteiger partial charge is 0.493 e. The number of ether oxygens (including phenoxy) is 1. The van der Waals surface area contributed by atoms with Crippen molar-refractivity contribution in [3.05, 3.63) is 82.0 Å². The van der Waals surface area contributed by atoms with Crippen LogP contribution in [-0.4, -0.2) is 18.4 Å². The highest BCUT2D eigenvalue weighted by Gasteiger charge is 2.23. The van der Waals surface area contributed by atoms with E-state index in [4.69, 9.17) is 4.74 Å². The molecule has 0 aliphatic carbocycles. The number of anilines is 1. The first-order valence-electron chi connectivity index (χ1n) is 8.68. The zero-order chi connectivity index (χ0) is 18.6. The molecule has 1 atom stereocenters. The SMILES string of the molecule is O=C(NC1CCOc2ccccc21)c1cccc(NC(=O)c2cccs2)c1. The van der Waals surface area contributed by atoms with Gasteiger partial charge in [-0.15, -0.1) is 11.3 Å². The zero-order valence-corrected chi connectivity index (χ0v) is 15.3. The second-order valence-electron chi connectivity index (χ2n) is 6.21. The van der Waals surface area contributed by atoms with Crippen molar-refractivity contribution in [2.45, 2.75) is 12.5 Å². The number of hydrogen-bond donors (Lipinski definition) is 2. The highest BCUT2D eigenvalue weighted by Crippen LogP contribution is 2.31. The molecule has 2 heterocycles. The fourth-order valence-electron chi connectivity index (χ4n) is 3.07. The lowest BCUT2D eigenvalue weighted by Gasteiger charge is -2.26. The number of para-hydroxylation sites is 1. The van der Waals surface area contributed by atoms with E-state index < -0.39 is 0 Å². The third-order valence-electron chi connectivity index (χ3n) is 4.39. The van der Waals surface area contributed by atoms with Crippen molar-refractivity contribution in [2.75, 3.05) is 11.9 Å². The van der Waals surface area contributed by atoms with E-state index in [0.29, 0.717) is 22.7 Å². The second kappa shape index (κ2) is 7.63. The fourth-order valence-corrected chi connectivity index (χ4v) is 3.69. The molecule has 2 amide bonds. The molecular formula is C21H18N2O3S. The maximum Gasteiger partial charge on any atom is 0.265 e. The number of rotatable bonds is 4. The molecule has 1 unspecified atom stereocenters. The van der Waals surface area contributed by atoms with Gasteiger partial charge in [0.1, 0.15) is 5.75 Å². The molecule has 4 rings (SSSR count). The standard InChI is InChI=1S/C21H18N2O3S/c24-20(23-17-10-11-26-18-8-2-1-7-16(17)18)14-5-3-6-15(13-14)22-21(25)19-9-4-12-27-19/h1-9,12-13,17H,10-11H2,(H,22,25)(H,23,24). The highest BCUT2D eigenvalue weighted by atomic mass is 32.1. The minimum Gasteiger partial charge on any atom is -0.493 e. The van der Waals surface area contributed by atoms with E-state index in [1.807, 2.05) is 35.7 Å². The molecule has 5 nitrogen and oxygen atoms in total. The van der Waals surface area contributed by atoms with E-state index in [1.165, 1.54) is 11.3 Å². The van der Waals surface area contributed by atoms with Crippen molar-refractivity contribution in [2.24, 2.45) is 0 Å². The topological polar surface area (TPSA) is 67.4 Å². The number of hydrogen-bond acceptors (Lipinski definition) is 4. The van der Waals surface area contributed by atoms with E-state index in [1.54, 1.807) is 30.3 Å². The van der Waals surface area contributed by atoms with Crippen LogP contribution in [0.3, 0.4) is 0 Å². The molecule has 27 heavy (non-hydrogen) atoms. The molecule has 0 radical (unpaired) electrons. The van der Waals surface area contributed by atoms with E-state index >= 15 is 0 Å². The van der Waals surface area contributed by atoms with Crippen molar-refractivity contribution in [3.8, 4) is 5.75 Å². The first kappa shape index (κ1) is 17.3. The minimum absolute atomic E-state index is 0.0909. The van der Waals surface area contributed by atoms with E-state index in [9.17, 15) is 9.59 Å². The maximum absolute atomic E-state index is 12.7. The van der Waals surface area contributed by atoms with Gasteiger partial charge in [0, 0.05) is 23.2 Å². The summed E-state index contributed by atoms with van der Waals surface area (Å²) in [6.45, 7) is 0.568. The van der Waals surface area contributed by atoms with Gasteiger partial charge >= 0.3 is 0 Å². The Morgan fingerprint density at radius 2 is 1.89 bits per heavy atom. The molecule has 0 bridgehead atoms. The number of carbonyl (C=O) groups is 2. The number of benzene rings is 2. The van der Waals surface area contributed by atoms with Gasteiger partial charge in [-0.25, -0.2) is 0 Å². The Morgan fingerprint density at radius 3 is 2.74 bits per heavy atom. The monoisotopic (exact) mass is 378 g/mol. The fraction of sp³-hybridized carbons (Fsp3) is 0.143. The number of carbonyl (C=O) groups excluding carboxylic acids is 2. The molecule has 136 valence electrons. The third-order valence-corrected chi connectivity index (χ3v) is 5.26. The molecule has 1 aliphatic heterocycles. The van der Waals surface area contributed by atoms with Crippen LogP contribution in [0.25, 0.3) is 0 Å². The molecule has 1 aliphatic rings. The lowest BCUT2D eigenvalue weighted by atomic mass is 10.00. The summed E-state index contributed by atoms with van der Waals surface area (Å²) in [5, 5.41) is 7.75. The average molecular weight is 378 g/mol. The van der Waals surface area contributed by atoms with Crippen molar-refractivity contribution >= 4 is 28.8 Å². The summed E-state index contributed by atoms with van der Waals surface area (Å²) in [4.78, 5) is 25.6. The summed E-state index contributed by atoms with van der Waals surface area (Å²) in [6, 6.07) is 18.2. The van der Waals surface area contributed by atoms with Crippen molar-refractivity contribution in [1.29, 1.82) is 0 Å². The van der Waals surface area contributed by atoms with Crippen molar-refractivity contribution in [3.63, 3.8) is 0 Å². The maximum atomic E-state index is 12.7. The second-order valence-corrected chi connectivity index (χ2v) is 7.16. The summed E-state index contributed by atoms with van der Waals surface area (Å²) in [5.74, 6) is 0.454. The summed E-state index contributed by atoms with van der Waals surface area (Å²) in [7, 11) is 0. The number of nitrogens with one attached hydrogen (secondary N) is 2. The molecule has 0 fully saturated rings. The van der Waals surface area contributed by atoms with Crippen LogP contribution >= 0.6 is 11.3 Å². The Kier molecular flexibility index (Phi) is 4.89. The molecule has 3 aromatic rings. The normalized spacial score (nSPS) is 15.3. The first-order valence-corrected chi connectivity index (χ1v) is 9.56. The highest BCUT2D eigenvalue weighted by molar-refractivity contribution is 7.12. The lowest BCUT2D eigenvalue weighted by molar-refractivity contribution is 0.0923. The Labute approximate surface area is 161 Å². The van der Waals surface area contributed by atoms with Gasteiger partial charge in [-0.3, -0.25) is 9.59 Å². The van der Waals surface area contributed by atoms with Gasteiger partial charge in [-0.1, -0.05) is 30.3 Å². The Morgan fingerprint density at radius 1 is 1.00 bits per heavy atom. The Balaban J connectivity index is 1.48. The van der Waals surface area contributed by atoms with Crippen molar-refractivity contribution in [1.82, 2.24) is 5.32 Å². The molecule has 0 spiro atoms. The van der Waals surface area contributed by atoms with Gasteiger partial charge in [-0.05, 0) is 35.7 Å². The summed E-state index contributed by atoms with van der Waals surface area (Å²) >= 11 is 1.37. The van der Waals surface area contributed by atoms with Crippen LogP contribution in [0.1, 0.15) is 38.1 Å². The van der Waals surface area contributed by atoms with Crippen LogP contribution in [0.4, 0.5) is 5.69 Å². The molecule has 0 saturated carbocycles. The molecule has 1 aromatic heterocycles. The number of fused-ring (bicyclic) bond motifs is 1. The van der Waals surface area contributed by atoms with Gasteiger partial charge < -0.3 is 15.4 Å². The first-order chi connectivity index (χ1) is 13.2. The van der Waals surface area contributed by atoms with E-state index in [0.717, 1.165) is 17.7 Å². The van der Waals surface area contributed by atoms with Gasteiger partial charge in [0.2, 0.25) is 0 Å². The van der Waals surface area contributed by atoms with E-state index in [-0.39, 0.29) is 17.9 Å². The number of thiophene rings is 1. The third kappa shape index (κ3) is 3.85. The Bertz CT molecular complexity index is 969. The van der Waals surface area contributed by atoms with Crippen LogP contribution in [0.15, 0.2) is 66.0 Å². The molecular weight excluding hydrogens is 360 g/mol. The predicted molar refractivity (Wildman–Crippen MR) is 105 cm³/mol. The van der Waals surface area contributed by atoms with Crippen LogP contribution in [0.5, 0.6) is 5.75 Å². The predicted octanol–water partition coefficient (Wildman–Crippen LogP) is 4.25. The summed E-state index contributed by atoms with van der Waals surface area (Å²) in [5.41, 5.74) is 2.08. The van der Waals surface area contributed by atoms with Crippen LogP contribution in [-0.2, 0) is 0 Å². The molecule has 2 N–H and O–H groups in total. The summed E-state index contributed by atoms with van der Waals surface area (Å²) < 4.78 is 5.64. The van der Waals surface area contributed by atoms with Crippen LogP contribution in [0, 0.1) is 0 Å². The summed E-state index contributed by atoms with van der Waals surface area (Å²) in [6.07, 6.45) is 0.720. The van der Waals surface area contributed by atoms with Gasteiger partial charge in [0.15, 0.2) is 0 Å². The molecule has 0 saturated heterocycles. The quantitative estimate of drug-likeness (QED) is 0.713. The Hall–Kier alpha value is -3.12. The van der Waals surface area contributed by atoms with E-state index in [2.05, 4.69) is 10.6 Å². The smallest absolute Gasteiger partial charge is 0.265 e. The number of amides is 2. The minimum atomic E-state index is -0.180. The zero-order valence-electron chi connectivity index (χ0n) is 14.5. The molecule has 6 heteroatoms. The van der Waals surface area contributed by atoms with Crippen LogP contribution in [0.2, 0.25) is 0 Å². The van der Waals surface area contributed by atoms with Gasteiger partial charge in [-0.2, -0.15) is 0 Å². The van der Waals surface area contributed by atoms with Gasteiger partial charge in [0.25, 0.3) is 11.8 Å². The lowest BCUT2D eigenvalue weighted by Crippen LogP contribution is -2.32. The van der Waals surface area contributed by atoms with Crippen LogP contribution < -0.4 is 15.4 Å². The van der Waals surface area contributed by atoms with Crippen molar-refractivity contribution < 1.29 is 14.3 Å².